The number of nitrogens with zero attached hydrogens (tertiary/aromatic N) is 1. The van der Waals surface area contributed by atoms with Gasteiger partial charge in [-0.25, -0.2) is 17.5 Å². The molecule has 1 aromatic carbocycles. The van der Waals surface area contributed by atoms with Crippen molar-refractivity contribution in [3.63, 3.8) is 0 Å². The van der Waals surface area contributed by atoms with Gasteiger partial charge in [-0.05, 0) is 49.9 Å². The van der Waals surface area contributed by atoms with Gasteiger partial charge in [0.05, 0.1) is 12.2 Å². The van der Waals surface area contributed by atoms with Gasteiger partial charge in [-0.3, -0.25) is 14.9 Å². The highest BCUT2D eigenvalue weighted by Crippen LogP contribution is 2.20. The number of urea groups is 1. The number of benzene rings is 1. The van der Waals surface area contributed by atoms with E-state index >= 15 is 0 Å². The normalized spacial score (nSPS) is 15.7. The van der Waals surface area contributed by atoms with Gasteiger partial charge < -0.3 is 10.1 Å². The van der Waals surface area contributed by atoms with Crippen LogP contribution in [0.1, 0.15) is 24.0 Å². The molecule has 1 fully saturated rings. The number of rotatable bonds is 5. The Morgan fingerprint density at radius 2 is 1.79 bits per heavy atom. The zero-order chi connectivity index (χ0) is 20.9. The fraction of sp³-hybridized carbons (Fsp3) is 0.500. The summed E-state index contributed by atoms with van der Waals surface area (Å²) >= 11 is 0. The molecule has 0 spiro atoms. The van der Waals surface area contributed by atoms with Crippen LogP contribution in [0.25, 0.3) is 0 Å². The molecule has 0 saturated carbocycles. The van der Waals surface area contributed by atoms with Crippen molar-refractivity contribution in [2.75, 3.05) is 31.3 Å². The Bertz CT molecular complexity index is 860. The second kappa shape index (κ2) is 9.16. The first-order chi connectivity index (χ1) is 13.1. The largest absolute Gasteiger partial charge is 0.455 e. The minimum atomic E-state index is -3.27. The first kappa shape index (κ1) is 21.8. The molecule has 10 heteroatoms. The monoisotopic (exact) mass is 411 g/mol. The van der Waals surface area contributed by atoms with Gasteiger partial charge in [0.2, 0.25) is 10.0 Å². The van der Waals surface area contributed by atoms with Crippen LogP contribution in [0.4, 0.5) is 10.5 Å². The number of carbonyl (C=O) groups excluding carboxylic acids is 3. The first-order valence-electron chi connectivity index (χ1n) is 8.86. The van der Waals surface area contributed by atoms with Gasteiger partial charge in [-0.15, -0.1) is 0 Å². The molecule has 0 aromatic heterocycles. The number of amides is 3. The molecule has 1 heterocycles. The molecule has 1 aliphatic rings. The summed E-state index contributed by atoms with van der Waals surface area (Å²) in [5.74, 6) is -1.78. The summed E-state index contributed by atoms with van der Waals surface area (Å²) in [6.07, 6.45) is 1.79. The molecule has 0 bridgehead atoms. The predicted molar refractivity (Wildman–Crippen MR) is 103 cm³/mol. The van der Waals surface area contributed by atoms with E-state index in [2.05, 4.69) is 10.6 Å². The molecular weight excluding hydrogens is 386 g/mol. The summed E-state index contributed by atoms with van der Waals surface area (Å²) in [6.45, 7) is 3.75. The van der Waals surface area contributed by atoms with Gasteiger partial charge in [-0.2, -0.15) is 0 Å². The maximum atomic E-state index is 12.0. The summed E-state index contributed by atoms with van der Waals surface area (Å²) in [7, 11) is -3.27. The number of aryl methyl sites for hydroxylation is 2. The van der Waals surface area contributed by atoms with Gasteiger partial charge in [0, 0.05) is 18.8 Å². The molecule has 1 aromatic rings. The fourth-order valence-corrected chi connectivity index (χ4v) is 3.70. The topological polar surface area (TPSA) is 122 Å². The van der Waals surface area contributed by atoms with Crippen LogP contribution in [0, 0.1) is 19.8 Å². The zero-order valence-corrected chi connectivity index (χ0v) is 17.0. The van der Waals surface area contributed by atoms with E-state index in [0.717, 1.165) is 17.4 Å². The van der Waals surface area contributed by atoms with Crippen LogP contribution in [0.3, 0.4) is 0 Å². The molecule has 1 aliphatic heterocycles. The third-order valence-electron chi connectivity index (χ3n) is 4.62. The van der Waals surface area contributed by atoms with E-state index in [-0.39, 0.29) is 13.1 Å². The average molecular weight is 411 g/mol. The SMILES string of the molecule is Cc1ccc(NC(=O)NC(=O)COC(=O)C2CCN(S(C)(=O)=O)CC2)cc1C. The number of anilines is 1. The van der Waals surface area contributed by atoms with Crippen LogP contribution in [0.2, 0.25) is 0 Å². The summed E-state index contributed by atoms with van der Waals surface area (Å²) in [6, 6.07) is 4.63. The smallest absolute Gasteiger partial charge is 0.325 e. The van der Waals surface area contributed by atoms with Gasteiger partial charge in [0.15, 0.2) is 6.61 Å². The molecular formula is C18H25N3O6S. The van der Waals surface area contributed by atoms with Gasteiger partial charge >= 0.3 is 12.0 Å². The molecule has 1 saturated heterocycles. The first-order valence-corrected chi connectivity index (χ1v) is 10.7. The van der Waals surface area contributed by atoms with E-state index in [9.17, 15) is 22.8 Å². The van der Waals surface area contributed by atoms with Gasteiger partial charge in [0.25, 0.3) is 5.91 Å². The molecule has 28 heavy (non-hydrogen) atoms. The number of esters is 1. The fourth-order valence-electron chi connectivity index (χ4n) is 2.82. The van der Waals surface area contributed by atoms with Crippen LogP contribution in [-0.2, 0) is 24.3 Å². The van der Waals surface area contributed by atoms with Crippen molar-refractivity contribution in [2.24, 2.45) is 5.92 Å². The van der Waals surface area contributed by atoms with Crippen LogP contribution < -0.4 is 10.6 Å². The van der Waals surface area contributed by atoms with E-state index in [1.807, 2.05) is 19.9 Å². The number of imide groups is 1. The number of hydrogen-bond acceptors (Lipinski definition) is 6. The van der Waals surface area contributed by atoms with Crippen molar-refractivity contribution in [2.45, 2.75) is 26.7 Å². The van der Waals surface area contributed by atoms with E-state index in [1.165, 1.54) is 4.31 Å². The number of piperidine rings is 1. The van der Waals surface area contributed by atoms with E-state index < -0.39 is 40.5 Å². The second-order valence-corrected chi connectivity index (χ2v) is 8.83. The van der Waals surface area contributed by atoms with Crippen molar-refractivity contribution < 1.29 is 27.5 Å². The van der Waals surface area contributed by atoms with Crippen LogP contribution in [0.15, 0.2) is 18.2 Å². The third-order valence-corrected chi connectivity index (χ3v) is 5.92. The number of carbonyl (C=O) groups is 3. The molecule has 2 N–H and O–H groups in total. The van der Waals surface area contributed by atoms with Crippen LogP contribution in [0.5, 0.6) is 0 Å². The van der Waals surface area contributed by atoms with E-state index in [1.54, 1.807) is 12.1 Å². The Kier molecular flexibility index (Phi) is 7.14. The summed E-state index contributed by atoms with van der Waals surface area (Å²) in [5.41, 5.74) is 2.62. The molecule has 0 unspecified atom stereocenters. The number of ether oxygens (including phenoxy) is 1. The molecule has 0 atom stereocenters. The van der Waals surface area contributed by atoms with E-state index in [4.69, 9.17) is 4.74 Å². The minimum Gasteiger partial charge on any atom is -0.455 e. The van der Waals surface area contributed by atoms with Crippen molar-refractivity contribution >= 4 is 33.6 Å². The highest BCUT2D eigenvalue weighted by atomic mass is 32.2. The molecule has 0 aliphatic carbocycles. The van der Waals surface area contributed by atoms with Crippen LogP contribution in [-0.4, -0.2) is 56.6 Å². The van der Waals surface area contributed by atoms with Gasteiger partial charge in [0.1, 0.15) is 0 Å². The van der Waals surface area contributed by atoms with Crippen LogP contribution >= 0.6 is 0 Å². The predicted octanol–water partition coefficient (Wildman–Crippen LogP) is 1.17. The number of sulfonamides is 1. The number of hydrogen-bond donors (Lipinski definition) is 2. The molecule has 3 amide bonds. The Morgan fingerprint density at radius 3 is 2.36 bits per heavy atom. The molecule has 9 nitrogen and oxygen atoms in total. The Hall–Kier alpha value is -2.46. The Morgan fingerprint density at radius 1 is 1.14 bits per heavy atom. The van der Waals surface area contributed by atoms with E-state index in [0.29, 0.717) is 18.5 Å². The quantitative estimate of drug-likeness (QED) is 0.702. The van der Waals surface area contributed by atoms with Gasteiger partial charge in [-0.1, -0.05) is 6.07 Å². The standard InChI is InChI=1S/C18H25N3O6S/c1-12-4-5-15(10-13(12)2)19-18(24)20-16(22)11-27-17(23)14-6-8-21(9-7-14)28(3,25)26/h4-5,10,14H,6-9,11H2,1-3H3,(H2,19,20,22,24). The van der Waals surface area contributed by atoms with Crippen molar-refractivity contribution in [3.05, 3.63) is 29.3 Å². The average Bonchev–Trinajstić information content (AvgIpc) is 2.62. The van der Waals surface area contributed by atoms with Crippen molar-refractivity contribution in [1.29, 1.82) is 0 Å². The highest BCUT2D eigenvalue weighted by Gasteiger charge is 2.30. The molecule has 2 rings (SSSR count). The Labute approximate surface area is 164 Å². The third kappa shape index (κ3) is 6.31. The highest BCUT2D eigenvalue weighted by molar-refractivity contribution is 7.88. The molecule has 154 valence electrons. The lowest BCUT2D eigenvalue weighted by molar-refractivity contribution is -0.153. The lowest BCUT2D eigenvalue weighted by Gasteiger charge is -2.28. The summed E-state index contributed by atoms with van der Waals surface area (Å²) in [5, 5.41) is 4.63. The van der Waals surface area contributed by atoms with Crippen molar-refractivity contribution in [1.82, 2.24) is 9.62 Å². The van der Waals surface area contributed by atoms with Crippen molar-refractivity contribution in [3.8, 4) is 0 Å². The summed E-state index contributed by atoms with van der Waals surface area (Å²) in [4.78, 5) is 35.7. The maximum Gasteiger partial charge on any atom is 0.325 e. The second-order valence-electron chi connectivity index (χ2n) is 6.85. The number of nitrogens with one attached hydrogen (secondary N) is 2. The lowest BCUT2D eigenvalue weighted by Crippen LogP contribution is -2.41. The summed E-state index contributed by atoms with van der Waals surface area (Å²) < 4.78 is 29.2. The lowest BCUT2D eigenvalue weighted by atomic mass is 9.98. The Balaban J connectivity index is 1.73. The minimum absolute atomic E-state index is 0.239. The molecule has 0 radical (unpaired) electrons. The maximum absolute atomic E-state index is 12.0. The zero-order valence-electron chi connectivity index (χ0n) is 16.1.